The molecule has 1 aliphatic carbocycles. The molecule has 0 aromatic heterocycles. The third-order valence-corrected chi connectivity index (χ3v) is 8.62. The Labute approximate surface area is 107 Å². The van der Waals surface area contributed by atoms with Gasteiger partial charge in [0.1, 0.15) is 5.78 Å². The van der Waals surface area contributed by atoms with Crippen LogP contribution in [0, 0.1) is 5.92 Å². The molecular weight excluding hydrogens is 228 g/mol. The van der Waals surface area contributed by atoms with Gasteiger partial charge >= 0.3 is 0 Å². The van der Waals surface area contributed by atoms with Crippen molar-refractivity contribution in [1.82, 2.24) is 0 Å². The Morgan fingerprint density at radius 3 is 2.41 bits per heavy atom. The van der Waals surface area contributed by atoms with Gasteiger partial charge in [-0.1, -0.05) is 32.9 Å². The second kappa shape index (κ2) is 5.07. The molecule has 2 nitrogen and oxygen atoms in total. The van der Waals surface area contributed by atoms with E-state index in [0.717, 1.165) is 12.8 Å². The zero-order valence-corrected chi connectivity index (χ0v) is 13.0. The summed E-state index contributed by atoms with van der Waals surface area (Å²) >= 11 is 0. The van der Waals surface area contributed by atoms with Crippen LogP contribution >= 0.6 is 0 Å². The van der Waals surface area contributed by atoms with Gasteiger partial charge in [0, 0.05) is 5.92 Å². The summed E-state index contributed by atoms with van der Waals surface area (Å²) < 4.78 is 6.32. The van der Waals surface area contributed by atoms with Gasteiger partial charge in [0.15, 0.2) is 8.32 Å². The highest BCUT2D eigenvalue weighted by Crippen LogP contribution is 2.38. The lowest BCUT2D eigenvalue weighted by atomic mass is 9.90. The first-order valence-electron chi connectivity index (χ1n) is 6.48. The molecule has 2 unspecified atom stereocenters. The predicted molar refractivity (Wildman–Crippen MR) is 74.6 cm³/mol. The van der Waals surface area contributed by atoms with E-state index in [4.69, 9.17) is 4.43 Å². The minimum atomic E-state index is -1.72. The highest BCUT2D eigenvalue weighted by Gasteiger charge is 2.39. The first kappa shape index (κ1) is 14.6. The summed E-state index contributed by atoms with van der Waals surface area (Å²) in [7, 11) is -1.72. The molecule has 1 aliphatic rings. The molecule has 1 rings (SSSR count). The van der Waals surface area contributed by atoms with Crippen molar-refractivity contribution in [2.45, 2.75) is 64.8 Å². The topological polar surface area (TPSA) is 26.3 Å². The number of rotatable bonds is 3. The summed E-state index contributed by atoms with van der Waals surface area (Å²) in [5.41, 5.74) is 0. The molecule has 0 saturated heterocycles. The maximum absolute atomic E-state index is 11.4. The number of ketones is 1. The van der Waals surface area contributed by atoms with Crippen LogP contribution in [0.15, 0.2) is 12.2 Å². The minimum Gasteiger partial charge on any atom is -0.411 e. The molecule has 0 saturated carbocycles. The summed E-state index contributed by atoms with van der Waals surface area (Å²) in [6.07, 6.45) is 6.12. The third kappa shape index (κ3) is 3.78. The molecule has 2 atom stereocenters. The van der Waals surface area contributed by atoms with E-state index in [1.807, 2.05) is 0 Å². The molecule has 0 bridgehead atoms. The van der Waals surface area contributed by atoms with Gasteiger partial charge in [-0.2, -0.15) is 0 Å². The van der Waals surface area contributed by atoms with E-state index in [-0.39, 0.29) is 22.8 Å². The maximum Gasteiger partial charge on any atom is 0.192 e. The van der Waals surface area contributed by atoms with Crippen molar-refractivity contribution >= 4 is 14.1 Å². The Hall–Kier alpha value is -0.413. The fourth-order valence-corrected chi connectivity index (χ4v) is 3.11. The van der Waals surface area contributed by atoms with Crippen molar-refractivity contribution in [1.29, 1.82) is 0 Å². The number of allylic oxidation sites excluding steroid dienone is 1. The molecule has 0 N–H and O–H groups in total. The summed E-state index contributed by atoms with van der Waals surface area (Å²) in [5.74, 6) is 0.452. The van der Waals surface area contributed by atoms with Crippen LogP contribution in [0.4, 0.5) is 0 Å². The van der Waals surface area contributed by atoms with Crippen molar-refractivity contribution in [3.8, 4) is 0 Å². The predicted octanol–water partition coefficient (Wildman–Crippen LogP) is 3.93. The fraction of sp³-hybridized carbons (Fsp3) is 0.786. The van der Waals surface area contributed by atoms with E-state index in [9.17, 15) is 4.79 Å². The van der Waals surface area contributed by atoms with E-state index in [1.54, 1.807) is 6.92 Å². The maximum atomic E-state index is 11.4. The van der Waals surface area contributed by atoms with Gasteiger partial charge in [-0.05, 0) is 37.9 Å². The van der Waals surface area contributed by atoms with Gasteiger partial charge in [0.05, 0.1) is 6.10 Å². The molecule has 0 aromatic carbocycles. The molecule has 0 spiro atoms. The van der Waals surface area contributed by atoms with E-state index < -0.39 is 8.32 Å². The SMILES string of the molecule is CC(=O)C1CC=CC(O[Si](C)(C)C(C)(C)C)C1. The number of hydrogen-bond acceptors (Lipinski definition) is 2. The summed E-state index contributed by atoms with van der Waals surface area (Å²) in [5, 5.41) is 0.226. The zero-order valence-electron chi connectivity index (χ0n) is 12.0. The van der Waals surface area contributed by atoms with Crippen molar-refractivity contribution in [2.75, 3.05) is 0 Å². The van der Waals surface area contributed by atoms with Crippen LogP contribution in [0.25, 0.3) is 0 Å². The van der Waals surface area contributed by atoms with Gasteiger partial charge < -0.3 is 4.43 Å². The largest absolute Gasteiger partial charge is 0.411 e. The van der Waals surface area contributed by atoms with Gasteiger partial charge in [-0.25, -0.2) is 0 Å². The molecule has 0 aliphatic heterocycles. The van der Waals surface area contributed by atoms with Crippen LogP contribution in [0.5, 0.6) is 0 Å². The lowest BCUT2D eigenvalue weighted by molar-refractivity contribution is -0.121. The van der Waals surface area contributed by atoms with E-state index in [1.165, 1.54) is 0 Å². The average molecular weight is 254 g/mol. The van der Waals surface area contributed by atoms with E-state index >= 15 is 0 Å². The second-order valence-corrected chi connectivity index (χ2v) is 11.4. The lowest BCUT2D eigenvalue weighted by Gasteiger charge is -2.40. The van der Waals surface area contributed by atoms with Crippen LogP contribution in [0.2, 0.25) is 18.1 Å². The summed E-state index contributed by atoms with van der Waals surface area (Å²) in [4.78, 5) is 11.4. The Kier molecular flexibility index (Phi) is 4.36. The minimum absolute atomic E-state index is 0.138. The van der Waals surface area contributed by atoms with Crippen LogP contribution in [0.1, 0.15) is 40.5 Å². The fourth-order valence-electron chi connectivity index (χ4n) is 1.82. The molecule has 0 amide bonds. The summed E-state index contributed by atoms with van der Waals surface area (Å²) in [6, 6.07) is 0. The van der Waals surface area contributed by atoms with Crippen LogP contribution < -0.4 is 0 Å². The first-order chi connectivity index (χ1) is 7.63. The standard InChI is InChI=1S/C14H26O2Si/c1-11(15)12-8-7-9-13(10-12)16-17(5,6)14(2,3)4/h7,9,12-13H,8,10H2,1-6H3. The van der Waals surface area contributed by atoms with E-state index in [0.29, 0.717) is 0 Å². The molecule has 17 heavy (non-hydrogen) atoms. The highest BCUT2D eigenvalue weighted by atomic mass is 28.4. The smallest absolute Gasteiger partial charge is 0.192 e. The van der Waals surface area contributed by atoms with Crippen LogP contribution in [-0.4, -0.2) is 20.2 Å². The monoisotopic (exact) mass is 254 g/mol. The quantitative estimate of drug-likeness (QED) is 0.563. The number of hydrogen-bond donors (Lipinski definition) is 0. The lowest BCUT2D eigenvalue weighted by Crippen LogP contribution is -2.44. The Morgan fingerprint density at radius 1 is 1.35 bits per heavy atom. The van der Waals surface area contributed by atoms with Crippen molar-refractivity contribution in [2.24, 2.45) is 5.92 Å². The second-order valence-electron chi connectivity index (χ2n) is 6.62. The van der Waals surface area contributed by atoms with Crippen LogP contribution in [0.3, 0.4) is 0 Å². The molecular formula is C14H26O2Si. The normalized spacial score (nSPS) is 26.0. The molecule has 3 heteroatoms. The Balaban J connectivity index is 2.67. The van der Waals surface area contributed by atoms with Gasteiger partial charge in [0.2, 0.25) is 0 Å². The molecule has 0 aromatic rings. The number of carbonyl (C=O) groups is 1. The van der Waals surface area contributed by atoms with Crippen molar-refractivity contribution < 1.29 is 9.22 Å². The zero-order chi connectivity index (χ0) is 13.3. The highest BCUT2D eigenvalue weighted by molar-refractivity contribution is 6.74. The Morgan fingerprint density at radius 2 is 1.94 bits per heavy atom. The molecule has 0 radical (unpaired) electrons. The molecule has 98 valence electrons. The van der Waals surface area contributed by atoms with Gasteiger partial charge in [-0.15, -0.1) is 0 Å². The van der Waals surface area contributed by atoms with Crippen LogP contribution in [-0.2, 0) is 9.22 Å². The average Bonchev–Trinajstić information content (AvgIpc) is 2.15. The summed E-state index contributed by atoms with van der Waals surface area (Å²) in [6.45, 7) is 12.9. The first-order valence-corrected chi connectivity index (χ1v) is 9.39. The third-order valence-electron chi connectivity index (χ3n) is 4.12. The van der Waals surface area contributed by atoms with Crippen molar-refractivity contribution in [3.63, 3.8) is 0 Å². The molecule has 0 fully saturated rings. The van der Waals surface area contributed by atoms with E-state index in [2.05, 4.69) is 46.0 Å². The van der Waals surface area contributed by atoms with Crippen molar-refractivity contribution in [3.05, 3.63) is 12.2 Å². The Bertz CT molecular complexity index is 313. The molecule has 0 heterocycles. The number of carbonyl (C=O) groups excluding carboxylic acids is 1. The van der Waals surface area contributed by atoms with Gasteiger partial charge in [0.25, 0.3) is 0 Å². The number of Topliss-reactive ketones (excluding diaryl/α,β-unsaturated/α-hetero) is 1. The van der Waals surface area contributed by atoms with Gasteiger partial charge in [-0.3, -0.25) is 4.79 Å².